The molecule has 0 aliphatic carbocycles. The topological polar surface area (TPSA) is 69.2 Å². The second-order valence-electron chi connectivity index (χ2n) is 5.01. The largest absolute Gasteiger partial charge is 0.482 e. The molecule has 6 nitrogen and oxygen atoms in total. The number of hydrazone groups is 1. The van der Waals surface area contributed by atoms with Crippen LogP contribution in [0.1, 0.15) is 5.56 Å². The van der Waals surface area contributed by atoms with E-state index < -0.39 is 5.91 Å². The van der Waals surface area contributed by atoms with E-state index in [9.17, 15) is 4.79 Å². The van der Waals surface area contributed by atoms with E-state index in [-0.39, 0.29) is 29.2 Å². The Labute approximate surface area is 172 Å². The van der Waals surface area contributed by atoms with Crippen LogP contribution in [0.2, 0.25) is 15.1 Å². The van der Waals surface area contributed by atoms with Gasteiger partial charge in [-0.05, 0) is 34.1 Å². The lowest BCUT2D eigenvalue weighted by Crippen LogP contribution is -2.24. The third-order valence-corrected chi connectivity index (χ3v) is 4.92. The number of carbonyl (C=O) groups excluding carboxylic acids is 1. The van der Waals surface area contributed by atoms with Crippen LogP contribution in [0.25, 0.3) is 0 Å². The quantitative estimate of drug-likeness (QED) is 0.384. The van der Waals surface area contributed by atoms with Gasteiger partial charge in [0.1, 0.15) is 5.75 Å². The fourth-order valence-corrected chi connectivity index (χ4v) is 3.01. The van der Waals surface area contributed by atoms with Gasteiger partial charge in [0.15, 0.2) is 18.1 Å². The van der Waals surface area contributed by atoms with Gasteiger partial charge in [0.25, 0.3) is 5.91 Å². The van der Waals surface area contributed by atoms with Gasteiger partial charge in [-0.2, -0.15) is 5.10 Å². The predicted molar refractivity (Wildman–Crippen MR) is 103 cm³/mol. The maximum Gasteiger partial charge on any atom is 0.277 e. The Bertz CT molecular complexity index is 892. The highest BCUT2D eigenvalue weighted by atomic mass is 79.9. The molecular formula is C16H10BrCl3N2O4. The first-order chi connectivity index (χ1) is 12.4. The van der Waals surface area contributed by atoms with Gasteiger partial charge in [0, 0.05) is 16.1 Å². The highest BCUT2D eigenvalue weighted by Crippen LogP contribution is 2.36. The minimum atomic E-state index is -0.472. The van der Waals surface area contributed by atoms with Crippen LogP contribution in [-0.2, 0) is 4.79 Å². The fraction of sp³-hybridized carbons (Fsp3) is 0.125. The molecule has 1 N–H and O–H groups in total. The van der Waals surface area contributed by atoms with Gasteiger partial charge in [-0.3, -0.25) is 4.79 Å². The zero-order valence-electron chi connectivity index (χ0n) is 12.9. The van der Waals surface area contributed by atoms with E-state index in [1.54, 1.807) is 12.1 Å². The van der Waals surface area contributed by atoms with E-state index in [0.29, 0.717) is 22.1 Å². The van der Waals surface area contributed by atoms with Crippen molar-refractivity contribution in [3.63, 3.8) is 0 Å². The molecule has 1 amide bonds. The summed E-state index contributed by atoms with van der Waals surface area (Å²) in [6.45, 7) is -0.120. The Morgan fingerprint density at radius 2 is 1.85 bits per heavy atom. The highest BCUT2D eigenvalue weighted by Gasteiger charge is 2.15. The van der Waals surface area contributed by atoms with E-state index in [4.69, 9.17) is 49.0 Å². The normalized spacial score (nSPS) is 12.5. The molecule has 136 valence electrons. The average molecular weight is 481 g/mol. The number of benzene rings is 2. The van der Waals surface area contributed by atoms with E-state index in [2.05, 4.69) is 26.5 Å². The highest BCUT2D eigenvalue weighted by molar-refractivity contribution is 9.10. The number of nitrogens with one attached hydrogen (secondary N) is 1. The van der Waals surface area contributed by atoms with Crippen LogP contribution >= 0.6 is 50.7 Å². The van der Waals surface area contributed by atoms with Crippen molar-refractivity contribution in [2.75, 3.05) is 13.4 Å². The maximum absolute atomic E-state index is 11.8. The van der Waals surface area contributed by atoms with Crippen LogP contribution in [0.5, 0.6) is 17.2 Å². The van der Waals surface area contributed by atoms with E-state index >= 15 is 0 Å². The summed E-state index contributed by atoms with van der Waals surface area (Å²) in [6, 6.07) is 6.38. The number of nitrogens with zero attached hydrogens (tertiary/aromatic N) is 1. The minimum absolute atomic E-state index is 0.174. The number of hydrogen-bond acceptors (Lipinski definition) is 5. The van der Waals surface area contributed by atoms with Crippen LogP contribution in [-0.4, -0.2) is 25.5 Å². The molecule has 0 spiro atoms. The number of carbonyl (C=O) groups is 1. The summed E-state index contributed by atoms with van der Waals surface area (Å²) in [7, 11) is 0. The Hall–Kier alpha value is -1.67. The average Bonchev–Trinajstić information content (AvgIpc) is 3.04. The summed E-state index contributed by atoms with van der Waals surface area (Å²) >= 11 is 21.1. The van der Waals surface area contributed by atoms with Crippen LogP contribution in [0.3, 0.4) is 0 Å². The van der Waals surface area contributed by atoms with Crippen molar-refractivity contribution in [2.24, 2.45) is 5.10 Å². The number of fused-ring (bicyclic) bond motifs is 1. The van der Waals surface area contributed by atoms with Crippen molar-refractivity contribution in [3.05, 3.63) is 49.4 Å². The predicted octanol–water partition coefficient (Wildman–Crippen LogP) is 4.67. The standard InChI is InChI=1S/C16H10BrCl3N2O4/c17-9-2-15-14(25-7-26-15)1-8(9)5-21-22-16(23)6-24-13-4-11(19)10(18)3-12(13)20/h1-5H,6-7H2,(H,22,23)/b21-5+. The van der Waals surface area contributed by atoms with E-state index in [1.807, 2.05) is 0 Å². The maximum atomic E-state index is 11.8. The Morgan fingerprint density at radius 3 is 2.62 bits per heavy atom. The lowest BCUT2D eigenvalue weighted by atomic mass is 10.2. The summed E-state index contributed by atoms with van der Waals surface area (Å²) in [6.07, 6.45) is 1.47. The van der Waals surface area contributed by atoms with Crippen molar-refractivity contribution in [3.8, 4) is 17.2 Å². The minimum Gasteiger partial charge on any atom is -0.482 e. The van der Waals surface area contributed by atoms with Crippen LogP contribution in [0, 0.1) is 0 Å². The van der Waals surface area contributed by atoms with Crippen molar-refractivity contribution in [1.29, 1.82) is 0 Å². The van der Waals surface area contributed by atoms with Crippen molar-refractivity contribution in [2.45, 2.75) is 0 Å². The third-order valence-electron chi connectivity index (χ3n) is 3.22. The molecular weight excluding hydrogens is 470 g/mol. The Kier molecular flexibility index (Phi) is 6.13. The first-order valence-electron chi connectivity index (χ1n) is 7.12. The van der Waals surface area contributed by atoms with Gasteiger partial charge < -0.3 is 14.2 Å². The number of amides is 1. The molecule has 2 aromatic rings. The molecule has 3 rings (SSSR count). The molecule has 1 aliphatic heterocycles. The second-order valence-corrected chi connectivity index (χ2v) is 7.08. The molecule has 0 unspecified atom stereocenters. The molecule has 0 radical (unpaired) electrons. The van der Waals surface area contributed by atoms with Gasteiger partial charge in [-0.25, -0.2) is 5.43 Å². The Balaban J connectivity index is 1.56. The van der Waals surface area contributed by atoms with Crippen molar-refractivity contribution < 1.29 is 19.0 Å². The van der Waals surface area contributed by atoms with Crippen LogP contribution in [0.15, 0.2) is 33.8 Å². The summed E-state index contributed by atoms with van der Waals surface area (Å²) in [5.41, 5.74) is 3.06. The molecule has 0 atom stereocenters. The molecule has 0 aromatic heterocycles. The van der Waals surface area contributed by atoms with Gasteiger partial charge in [-0.15, -0.1) is 0 Å². The third kappa shape index (κ3) is 4.54. The van der Waals surface area contributed by atoms with Crippen molar-refractivity contribution >= 4 is 62.9 Å². The molecule has 0 bridgehead atoms. The van der Waals surface area contributed by atoms with E-state index in [0.717, 1.165) is 4.47 Å². The summed E-state index contributed by atoms with van der Waals surface area (Å²) in [5, 5.41) is 4.71. The van der Waals surface area contributed by atoms with Crippen LogP contribution < -0.4 is 19.6 Å². The van der Waals surface area contributed by atoms with E-state index in [1.165, 1.54) is 18.3 Å². The lowest BCUT2D eigenvalue weighted by molar-refractivity contribution is -0.123. The fourth-order valence-electron chi connectivity index (χ4n) is 2.00. The molecule has 10 heteroatoms. The number of rotatable bonds is 5. The SMILES string of the molecule is O=C(COc1cc(Cl)c(Cl)cc1Cl)N/N=C/c1cc2c(cc1Br)OCO2. The van der Waals surface area contributed by atoms with Gasteiger partial charge in [0.05, 0.1) is 21.3 Å². The summed E-state index contributed by atoms with van der Waals surface area (Å²) in [5.74, 6) is 1.03. The first kappa shape index (κ1) is 19.1. The van der Waals surface area contributed by atoms with Crippen LogP contribution in [0.4, 0.5) is 0 Å². The number of hydrogen-bond donors (Lipinski definition) is 1. The zero-order valence-corrected chi connectivity index (χ0v) is 16.7. The second kappa shape index (κ2) is 8.35. The molecule has 0 saturated carbocycles. The summed E-state index contributed by atoms with van der Waals surface area (Å²) in [4.78, 5) is 11.8. The lowest BCUT2D eigenvalue weighted by Gasteiger charge is -2.08. The van der Waals surface area contributed by atoms with Gasteiger partial charge in [0.2, 0.25) is 6.79 Å². The molecule has 1 heterocycles. The molecule has 2 aromatic carbocycles. The molecule has 0 fully saturated rings. The molecule has 1 aliphatic rings. The molecule has 0 saturated heterocycles. The molecule has 26 heavy (non-hydrogen) atoms. The first-order valence-corrected chi connectivity index (χ1v) is 9.05. The van der Waals surface area contributed by atoms with Gasteiger partial charge >= 0.3 is 0 Å². The number of halogens is 4. The van der Waals surface area contributed by atoms with Gasteiger partial charge in [-0.1, -0.05) is 34.8 Å². The van der Waals surface area contributed by atoms with Crippen molar-refractivity contribution in [1.82, 2.24) is 5.43 Å². The number of ether oxygens (including phenoxy) is 3. The zero-order chi connectivity index (χ0) is 18.7. The monoisotopic (exact) mass is 478 g/mol. The smallest absolute Gasteiger partial charge is 0.277 e. The summed E-state index contributed by atoms with van der Waals surface area (Å²) < 4.78 is 16.6. The Morgan fingerprint density at radius 1 is 1.15 bits per heavy atom.